The van der Waals surface area contributed by atoms with Crippen LogP contribution in [0, 0.1) is 27.7 Å². The number of fused-ring (bicyclic) bond motifs is 1. The zero-order chi connectivity index (χ0) is 21.0. The van der Waals surface area contributed by atoms with Gasteiger partial charge in [-0.2, -0.15) is 0 Å². The highest BCUT2D eigenvalue weighted by Crippen LogP contribution is 2.31. The molecule has 0 aliphatic rings. The summed E-state index contributed by atoms with van der Waals surface area (Å²) in [7, 11) is 0. The van der Waals surface area contributed by atoms with E-state index in [9.17, 15) is 9.59 Å². The van der Waals surface area contributed by atoms with E-state index in [0.717, 1.165) is 27.0 Å². The molecule has 1 N–H and O–H groups in total. The lowest BCUT2D eigenvalue weighted by molar-refractivity contribution is -0.121. The van der Waals surface area contributed by atoms with Crippen LogP contribution in [0.15, 0.2) is 24.3 Å². The van der Waals surface area contributed by atoms with E-state index in [-0.39, 0.29) is 12.5 Å². The number of thiophene rings is 1. The molecule has 7 heteroatoms. The number of hydrogen-bond acceptors (Lipinski definition) is 6. The molecule has 3 rings (SSSR count). The predicted molar refractivity (Wildman–Crippen MR) is 114 cm³/mol. The monoisotopic (exact) mass is 411 g/mol. The van der Waals surface area contributed by atoms with Crippen LogP contribution in [0.2, 0.25) is 0 Å². The third kappa shape index (κ3) is 5.17. The van der Waals surface area contributed by atoms with Gasteiger partial charge in [0, 0.05) is 17.5 Å². The van der Waals surface area contributed by atoms with Crippen molar-refractivity contribution in [3.8, 4) is 0 Å². The van der Waals surface area contributed by atoms with Crippen LogP contribution in [0.4, 0.5) is 0 Å². The number of aryl methyl sites for hydroxylation is 5. The van der Waals surface area contributed by atoms with Crippen molar-refractivity contribution in [1.82, 2.24) is 15.3 Å². The Labute approximate surface area is 174 Å². The van der Waals surface area contributed by atoms with Crippen LogP contribution in [0.1, 0.15) is 44.3 Å². The van der Waals surface area contributed by atoms with Crippen LogP contribution < -0.4 is 5.32 Å². The molecule has 6 nitrogen and oxygen atoms in total. The fourth-order valence-electron chi connectivity index (χ4n) is 3.17. The molecule has 0 bridgehead atoms. The van der Waals surface area contributed by atoms with Crippen molar-refractivity contribution in [3.63, 3.8) is 0 Å². The van der Waals surface area contributed by atoms with Gasteiger partial charge in [-0.3, -0.25) is 4.79 Å². The van der Waals surface area contributed by atoms with Gasteiger partial charge in [0.1, 0.15) is 22.1 Å². The lowest BCUT2D eigenvalue weighted by atomic mass is 10.1. The number of nitrogens with zero attached hydrogens (tertiary/aromatic N) is 2. The highest BCUT2D eigenvalue weighted by molar-refractivity contribution is 7.20. The Balaban J connectivity index is 1.47. The summed E-state index contributed by atoms with van der Waals surface area (Å²) in [5.41, 5.74) is 4.04. The Morgan fingerprint density at radius 3 is 2.52 bits per heavy atom. The third-order valence-corrected chi connectivity index (χ3v) is 5.85. The number of aromatic nitrogens is 2. The van der Waals surface area contributed by atoms with E-state index in [1.165, 1.54) is 16.9 Å². The second-order valence-electron chi connectivity index (χ2n) is 7.06. The van der Waals surface area contributed by atoms with E-state index in [2.05, 4.69) is 15.3 Å². The average Bonchev–Trinajstić information content (AvgIpc) is 3.01. The first-order chi connectivity index (χ1) is 13.8. The quantitative estimate of drug-likeness (QED) is 0.472. The Hall–Kier alpha value is -2.80. The van der Waals surface area contributed by atoms with Gasteiger partial charge in [-0.15, -0.1) is 11.3 Å². The van der Waals surface area contributed by atoms with Crippen LogP contribution in [0.3, 0.4) is 0 Å². The molecule has 0 aliphatic heterocycles. The Morgan fingerprint density at radius 2 is 1.79 bits per heavy atom. The van der Waals surface area contributed by atoms with Crippen molar-refractivity contribution in [2.75, 3.05) is 13.2 Å². The number of carbonyl (C=O) groups excluding carboxylic acids is 2. The molecule has 3 aromatic rings. The van der Waals surface area contributed by atoms with Crippen molar-refractivity contribution in [2.45, 2.75) is 40.5 Å². The van der Waals surface area contributed by atoms with Crippen molar-refractivity contribution < 1.29 is 14.3 Å². The van der Waals surface area contributed by atoms with E-state index in [1.54, 1.807) is 0 Å². The fraction of sp³-hybridized carbons (Fsp3) is 0.364. The van der Waals surface area contributed by atoms with E-state index in [0.29, 0.717) is 30.1 Å². The van der Waals surface area contributed by atoms with Crippen LogP contribution in [0.25, 0.3) is 10.2 Å². The van der Waals surface area contributed by atoms with Gasteiger partial charge in [-0.05, 0) is 45.2 Å². The van der Waals surface area contributed by atoms with Crippen LogP contribution >= 0.6 is 11.3 Å². The summed E-state index contributed by atoms with van der Waals surface area (Å²) in [5, 5.41) is 3.71. The predicted octanol–water partition coefficient (Wildman–Crippen LogP) is 3.83. The van der Waals surface area contributed by atoms with Crippen molar-refractivity contribution in [3.05, 3.63) is 57.4 Å². The molecule has 0 atom stereocenters. The van der Waals surface area contributed by atoms with Crippen molar-refractivity contribution in [1.29, 1.82) is 0 Å². The van der Waals surface area contributed by atoms with Gasteiger partial charge in [0.05, 0.1) is 6.54 Å². The molecule has 0 saturated heterocycles. The van der Waals surface area contributed by atoms with E-state index in [1.807, 2.05) is 52.0 Å². The minimum absolute atomic E-state index is 0.0546. The fourth-order valence-corrected chi connectivity index (χ4v) is 4.34. The van der Waals surface area contributed by atoms with E-state index >= 15 is 0 Å². The number of carbonyl (C=O) groups is 2. The number of nitrogens with one attached hydrogen (secondary N) is 1. The molecule has 1 amide bonds. The molecule has 0 aliphatic carbocycles. The minimum Gasteiger partial charge on any atom is -0.460 e. The summed E-state index contributed by atoms with van der Waals surface area (Å²) < 4.78 is 5.34. The summed E-state index contributed by atoms with van der Waals surface area (Å²) in [4.78, 5) is 34.5. The second kappa shape index (κ2) is 9.13. The Bertz CT molecular complexity index is 1040. The zero-order valence-electron chi connectivity index (χ0n) is 17.2. The number of ether oxygens (including phenoxy) is 1. The molecule has 152 valence electrons. The smallest absolute Gasteiger partial charge is 0.348 e. The lowest BCUT2D eigenvalue weighted by Crippen LogP contribution is -2.28. The highest BCUT2D eigenvalue weighted by Gasteiger charge is 2.19. The summed E-state index contributed by atoms with van der Waals surface area (Å²) in [6.07, 6.45) is 1.09. The molecule has 2 heterocycles. The summed E-state index contributed by atoms with van der Waals surface area (Å²) >= 11 is 1.32. The van der Waals surface area contributed by atoms with Gasteiger partial charge in [0.15, 0.2) is 0 Å². The molecule has 2 aromatic heterocycles. The van der Waals surface area contributed by atoms with Crippen molar-refractivity contribution in [2.24, 2.45) is 0 Å². The first-order valence-corrected chi connectivity index (χ1v) is 10.4. The lowest BCUT2D eigenvalue weighted by Gasteiger charge is -2.07. The van der Waals surface area contributed by atoms with Crippen LogP contribution in [-0.2, 0) is 16.0 Å². The van der Waals surface area contributed by atoms with Crippen LogP contribution in [0.5, 0.6) is 0 Å². The molecule has 1 aromatic carbocycles. The standard InChI is InChI=1S/C22H25N3O3S/c1-13-5-7-17(8-6-13)9-10-18(26)23-11-12-28-22(27)20-14(2)19-15(3)24-16(4)25-21(19)29-20/h5-8H,9-12H2,1-4H3,(H,23,26). The van der Waals surface area contributed by atoms with Gasteiger partial charge in [-0.1, -0.05) is 29.8 Å². The van der Waals surface area contributed by atoms with Gasteiger partial charge >= 0.3 is 5.97 Å². The first kappa shape index (κ1) is 20.9. The maximum Gasteiger partial charge on any atom is 0.348 e. The summed E-state index contributed by atoms with van der Waals surface area (Å²) in [6, 6.07) is 8.14. The zero-order valence-corrected chi connectivity index (χ0v) is 18.0. The van der Waals surface area contributed by atoms with Gasteiger partial charge < -0.3 is 10.1 Å². The highest BCUT2D eigenvalue weighted by atomic mass is 32.1. The summed E-state index contributed by atoms with van der Waals surface area (Å²) in [5.74, 6) is 0.238. The van der Waals surface area contributed by atoms with Gasteiger partial charge in [0.2, 0.25) is 5.91 Å². The number of esters is 1. The van der Waals surface area contributed by atoms with E-state index < -0.39 is 5.97 Å². The SMILES string of the molecule is Cc1ccc(CCC(=O)NCCOC(=O)c2sc3nc(C)nc(C)c3c2C)cc1. The maximum absolute atomic E-state index is 12.4. The number of hydrogen-bond donors (Lipinski definition) is 1. The van der Waals surface area contributed by atoms with Crippen LogP contribution in [-0.4, -0.2) is 35.0 Å². The molecule has 0 spiro atoms. The Morgan fingerprint density at radius 1 is 1.07 bits per heavy atom. The van der Waals surface area contributed by atoms with E-state index in [4.69, 9.17) is 4.74 Å². The largest absolute Gasteiger partial charge is 0.460 e. The normalized spacial score (nSPS) is 10.9. The molecule has 0 unspecified atom stereocenters. The van der Waals surface area contributed by atoms with Gasteiger partial charge in [0.25, 0.3) is 0 Å². The second-order valence-corrected chi connectivity index (χ2v) is 8.06. The molecular weight excluding hydrogens is 386 g/mol. The number of amides is 1. The first-order valence-electron chi connectivity index (χ1n) is 9.59. The minimum atomic E-state index is -0.392. The Kier molecular flexibility index (Phi) is 6.59. The van der Waals surface area contributed by atoms with Crippen molar-refractivity contribution >= 4 is 33.4 Å². The summed E-state index contributed by atoms with van der Waals surface area (Å²) in [6.45, 7) is 8.09. The molecule has 0 radical (unpaired) electrons. The molecule has 0 fully saturated rings. The van der Waals surface area contributed by atoms with Gasteiger partial charge in [-0.25, -0.2) is 14.8 Å². The third-order valence-electron chi connectivity index (χ3n) is 4.69. The maximum atomic E-state index is 12.4. The number of rotatable bonds is 7. The topological polar surface area (TPSA) is 81.2 Å². The average molecular weight is 412 g/mol. The molecule has 29 heavy (non-hydrogen) atoms. The molecular formula is C22H25N3O3S. The number of benzene rings is 1. The molecule has 0 saturated carbocycles.